The maximum absolute atomic E-state index is 4.60. The third-order valence-corrected chi connectivity index (χ3v) is 3.62. The van der Waals surface area contributed by atoms with Crippen molar-refractivity contribution in [2.24, 2.45) is 4.99 Å². The van der Waals surface area contributed by atoms with Crippen LogP contribution in [0.2, 0.25) is 0 Å². The summed E-state index contributed by atoms with van der Waals surface area (Å²) in [6.07, 6.45) is 1.82. The van der Waals surface area contributed by atoms with Gasteiger partial charge in [0.05, 0.1) is 11.9 Å². The molecule has 2 heteroatoms. The van der Waals surface area contributed by atoms with Crippen LogP contribution in [0.25, 0.3) is 0 Å². The molecule has 2 nitrogen and oxygen atoms in total. The Morgan fingerprint density at radius 1 is 0.944 bits per heavy atom. The Bertz CT molecular complexity index is 548. The largest absolute Gasteiger partial charge is 0.365 e. The van der Waals surface area contributed by atoms with Gasteiger partial charge in [-0.25, -0.2) is 0 Å². The lowest BCUT2D eigenvalue weighted by Crippen LogP contribution is -2.38. The average molecular weight is 236 g/mol. The molecule has 0 bridgehead atoms. The van der Waals surface area contributed by atoms with E-state index in [2.05, 4.69) is 65.8 Å². The minimum Gasteiger partial charge on any atom is -0.365 e. The molecule has 2 aromatic rings. The summed E-state index contributed by atoms with van der Waals surface area (Å²) in [6, 6.07) is 21.0. The predicted octanol–water partition coefficient (Wildman–Crippen LogP) is 3.27. The van der Waals surface area contributed by atoms with Crippen LogP contribution in [0, 0.1) is 0 Å². The van der Waals surface area contributed by atoms with Crippen molar-refractivity contribution < 1.29 is 0 Å². The Morgan fingerprint density at radius 2 is 1.56 bits per heavy atom. The van der Waals surface area contributed by atoms with Gasteiger partial charge in [0.15, 0.2) is 0 Å². The SMILES string of the molecule is C[C@@]1(c2ccccc2)NC=N[C@@H]1c1ccccc1. The third kappa shape index (κ3) is 1.70. The summed E-state index contributed by atoms with van der Waals surface area (Å²) in [5.41, 5.74) is 2.34. The molecule has 0 amide bonds. The van der Waals surface area contributed by atoms with Gasteiger partial charge in [-0.3, -0.25) is 4.99 Å². The van der Waals surface area contributed by atoms with Gasteiger partial charge in [0.25, 0.3) is 0 Å². The van der Waals surface area contributed by atoms with Crippen molar-refractivity contribution in [1.82, 2.24) is 5.32 Å². The van der Waals surface area contributed by atoms with Crippen LogP contribution in [0.4, 0.5) is 0 Å². The van der Waals surface area contributed by atoms with Gasteiger partial charge in [-0.05, 0) is 18.1 Å². The normalized spacial score (nSPS) is 25.9. The lowest BCUT2D eigenvalue weighted by Gasteiger charge is -2.31. The molecule has 0 aromatic heterocycles. The van der Waals surface area contributed by atoms with Crippen LogP contribution in [0.3, 0.4) is 0 Å². The van der Waals surface area contributed by atoms with E-state index in [1.54, 1.807) is 0 Å². The Labute approximate surface area is 107 Å². The summed E-state index contributed by atoms with van der Waals surface area (Å²) in [5, 5.41) is 3.41. The van der Waals surface area contributed by atoms with Gasteiger partial charge in [-0.2, -0.15) is 0 Å². The number of aliphatic imine (C=N–C) groups is 1. The van der Waals surface area contributed by atoms with Crippen molar-refractivity contribution in [3.63, 3.8) is 0 Å². The Kier molecular flexibility index (Phi) is 2.63. The Hall–Kier alpha value is -2.09. The van der Waals surface area contributed by atoms with E-state index in [4.69, 9.17) is 0 Å². The van der Waals surface area contributed by atoms with Crippen LogP contribution in [0.5, 0.6) is 0 Å². The molecule has 0 spiro atoms. The van der Waals surface area contributed by atoms with Gasteiger partial charge in [0.2, 0.25) is 0 Å². The molecule has 18 heavy (non-hydrogen) atoms. The molecular formula is C16H16N2. The second kappa shape index (κ2) is 4.30. The zero-order valence-corrected chi connectivity index (χ0v) is 10.4. The predicted molar refractivity (Wildman–Crippen MR) is 74.6 cm³/mol. The second-order valence-corrected chi connectivity index (χ2v) is 4.80. The summed E-state index contributed by atoms with van der Waals surface area (Å²) >= 11 is 0. The number of benzene rings is 2. The highest BCUT2D eigenvalue weighted by Crippen LogP contribution is 2.39. The molecule has 1 aliphatic heterocycles. The molecule has 1 heterocycles. The molecule has 3 rings (SSSR count). The molecule has 0 radical (unpaired) electrons. The summed E-state index contributed by atoms with van der Waals surface area (Å²) in [5.74, 6) is 0. The van der Waals surface area contributed by atoms with E-state index in [1.807, 2.05) is 18.5 Å². The lowest BCUT2D eigenvalue weighted by molar-refractivity contribution is 0.387. The standard InChI is InChI=1S/C16H16N2/c1-16(14-10-6-3-7-11-14)15(17-12-18-16)13-8-4-2-5-9-13/h2-12,15H,1H3,(H,17,18)/t15-,16+/m1/s1. The highest BCUT2D eigenvalue weighted by molar-refractivity contribution is 5.62. The molecule has 0 unspecified atom stereocenters. The van der Waals surface area contributed by atoms with Crippen LogP contribution >= 0.6 is 0 Å². The molecule has 90 valence electrons. The minimum atomic E-state index is -0.164. The Morgan fingerprint density at radius 3 is 2.22 bits per heavy atom. The van der Waals surface area contributed by atoms with E-state index in [0.29, 0.717) is 0 Å². The highest BCUT2D eigenvalue weighted by atomic mass is 15.1. The van der Waals surface area contributed by atoms with Crippen LogP contribution < -0.4 is 5.32 Å². The molecule has 1 N–H and O–H groups in total. The summed E-state index contributed by atoms with van der Waals surface area (Å²) in [6.45, 7) is 2.20. The van der Waals surface area contributed by atoms with Crippen LogP contribution in [0.15, 0.2) is 65.7 Å². The highest BCUT2D eigenvalue weighted by Gasteiger charge is 2.39. The first kappa shape index (κ1) is 11.0. The van der Waals surface area contributed by atoms with Gasteiger partial charge >= 0.3 is 0 Å². The summed E-state index contributed by atoms with van der Waals surface area (Å²) in [7, 11) is 0. The first-order valence-electron chi connectivity index (χ1n) is 6.20. The smallest absolute Gasteiger partial charge is 0.103 e. The van der Waals surface area contributed by atoms with Gasteiger partial charge in [-0.15, -0.1) is 0 Å². The second-order valence-electron chi connectivity index (χ2n) is 4.80. The number of rotatable bonds is 2. The zero-order valence-electron chi connectivity index (χ0n) is 10.4. The molecule has 0 fully saturated rings. The van der Waals surface area contributed by atoms with Crippen LogP contribution in [0.1, 0.15) is 24.1 Å². The molecule has 2 aromatic carbocycles. The number of hydrogen-bond acceptors (Lipinski definition) is 2. The maximum atomic E-state index is 4.60. The van der Waals surface area contributed by atoms with Gasteiger partial charge in [0, 0.05) is 0 Å². The molecule has 0 aliphatic carbocycles. The fourth-order valence-electron chi connectivity index (χ4n) is 2.55. The first-order valence-corrected chi connectivity index (χ1v) is 6.20. The molecule has 0 saturated carbocycles. The Balaban J connectivity index is 2.03. The monoisotopic (exact) mass is 236 g/mol. The molecule has 2 atom stereocenters. The van der Waals surface area contributed by atoms with E-state index in [-0.39, 0.29) is 11.6 Å². The van der Waals surface area contributed by atoms with Crippen LogP contribution in [-0.2, 0) is 5.54 Å². The maximum Gasteiger partial charge on any atom is 0.103 e. The van der Waals surface area contributed by atoms with E-state index in [1.165, 1.54) is 11.1 Å². The van der Waals surface area contributed by atoms with Crippen molar-refractivity contribution in [3.05, 3.63) is 71.8 Å². The van der Waals surface area contributed by atoms with Crippen molar-refractivity contribution >= 4 is 6.34 Å². The van der Waals surface area contributed by atoms with Gasteiger partial charge in [-0.1, -0.05) is 60.7 Å². The lowest BCUT2D eigenvalue weighted by atomic mass is 9.82. The van der Waals surface area contributed by atoms with Crippen molar-refractivity contribution in [1.29, 1.82) is 0 Å². The number of nitrogens with one attached hydrogen (secondary N) is 1. The summed E-state index contributed by atoms with van der Waals surface area (Å²) < 4.78 is 0. The zero-order chi connectivity index (χ0) is 12.4. The fraction of sp³-hybridized carbons (Fsp3) is 0.188. The van der Waals surface area contributed by atoms with E-state index >= 15 is 0 Å². The third-order valence-electron chi connectivity index (χ3n) is 3.62. The molecular weight excluding hydrogens is 220 g/mol. The van der Waals surface area contributed by atoms with Crippen molar-refractivity contribution in [2.75, 3.05) is 0 Å². The summed E-state index contributed by atoms with van der Waals surface area (Å²) in [4.78, 5) is 4.60. The first-order chi connectivity index (χ1) is 8.81. The molecule has 1 aliphatic rings. The average Bonchev–Trinajstić information content (AvgIpc) is 2.84. The number of nitrogens with zero attached hydrogens (tertiary/aromatic N) is 1. The molecule has 0 saturated heterocycles. The number of hydrogen-bond donors (Lipinski definition) is 1. The van der Waals surface area contributed by atoms with Gasteiger partial charge < -0.3 is 5.32 Å². The van der Waals surface area contributed by atoms with Crippen molar-refractivity contribution in [3.8, 4) is 0 Å². The van der Waals surface area contributed by atoms with Gasteiger partial charge in [0.1, 0.15) is 6.04 Å². The van der Waals surface area contributed by atoms with Crippen molar-refractivity contribution in [2.45, 2.75) is 18.5 Å². The van der Waals surface area contributed by atoms with E-state index < -0.39 is 0 Å². The topological polar surface area (TPSA) is 24.4 Å². The fourth-order valence-corrected chi connectivity index (χ4v) is 2.55. The van der Waals surface area contributed by atoms with E-state index in [9.17, 15) is 0 Å². The van der Waals surface area contributed by atoms with E-state index in [0.717, 1.165) is 0 Å². The quantitative estimate of drug-likeness (QED) is 0.850. The minimum absolute atomic E-state index is 0.126. The van der Waals surface area contributed by atoms with Crippen LogP contribution in [-0.4, -0.2) is 6.34 Å².